The van der Waals surface area contributed by atoms with E-state index in [1.54, 1.807) is 0 Å². The van der Waals surface area contributed by atoms with E-state index in [0.717, 1.165) is 6.07 Å². The van der Waals surface area contributed by atoms with Gasteiger partial charge in [0.25, 0.3) is 0 Å². The molecule has 6 nitrogen and oxygen atoms in total. The van der Waals surface area contributed by atoms with Crippen molar-refractivity contribution in [3.8, 4) is 0 Å². The Labute approximate surface area is 103 Å². The van der Waals surface area contributed by atoms with Gasteiger partial charge in [-0.15, -0.1) is 0 Å². The number of morpholine rings is 1. The highest BCUT2D eigenvalue weighted by molar-refractivity contribution is 5.99. The molecule has 0 amide bonds. The van der Waals surface area contributed by atoms with E-state index >= 15 is 0 Å². The van der Waals surface area contributed by atoms with Gasteiger partial charge in [-0.05, 0) is 12.1 Å². The zero-order chi connectivity index (χ0) is 13.1. The lowest BCUT2D eigenvalue weighted by Gasteiger charge is -2.28. The summed E-state index contributed by atoms with van der Waals surface area (Å²) in [5, 5.41) is 10.9. The molecule has 0 saturated carbocycles. The lowest BCUT2D eigenvalue weighted by atomic mass is 10.1. The molecular formula is C11H14FN3O3. The average molecular weight is 255 g/mol. The van der Waals surface area contributed by atoms with Gasteiger partial charge in [-0.1, -0.05) is 0 Å². The smallest absolute Gasteiger partial charge is 0.340 e. The number of nitrogens with one attached hydrogen (secondary N) is 1. The fraction of sp³-hybridized carbons (Fsp3) is 0.364. The molecule has 98 valence electrons. The quantitative estimate of drug-likeness (QED) is 0.691. The van der Waals surface area contributed by atoms with Crippen molar-refractivity contribution >= 4 is 17.3 Å². The van der Waals surface area contributed by atoms with Gasteiger partial charge in [0, 0.05) is 13.1 Å². The van der Waals surface area contributed by atoms with Crippen LogP contribution in [0, 0.1) is 5.82 Å². The number of benzene rings is 1. The van der Waals surface area contributed by atoms with Crippen molar-refractivity contribution < 1.29 is 19.0 Å². The number of aromatic carboxylic acids is 1. The van der Waals surface area contributed by atoms with Crippen molar-refractivity contribution in [2.24, 2.45) is 0 Å². The van der Waals surface area contributed by atoms with Gasteiger partial charge in [-0.2, -0.15) is 0 Å². The molecule has 0 aliphatic carbocycles. The molecule has 1 aromatic carbocycles. The third-order valence-corrected chi connectivity index (χ3v) is 2.70. The zero-order valence-electron chi connectivity index (χ0n) is 9.65. The molecule has 1 fully saturated rings. The van der Waals surface area contributed by atoms with Gasteiger partial charge in [-0.3, -0.25) is 0 Å². The number of halogens is 1. The Balaban J connectivity index is 2.26. The summed E-state index contributed by atoms with van der Waals surface area (Å²) in [6, 6.07) is 2.51. The summed E-state index contributed by atoms with van der Waals surface area (Å²) in [5.41, 5.74) is 8.05. The van der Waals surface area contributed by atoms with E-state index < -0.39 is 11.8 Å². The molecule has 0 unspecified atom stereocenters. The van der Waals surface area contributed by atoms with Crippen molar-refractivity contribution in [1.82, 2.24) is 5.01 Å². The molecule has 4 N–H and O–H groups in total. The van der Waals surface area contributed by atoms with Crippen LogP contribution < -0.4 is 11.2 Å². The van der Waals surface area contributed by atoms with Crippen LogP contribution in [0.3, 0.4) is 0 Å². The Hall–Kier alpha value is -1.86. The summed E-state index contributed by atoms with van der Waals surface area (Å²) in [4.78, 5) is 11.1. The second-order valence-electron chi connectivity index (χ2n) is 3.90. The molecule has 7 heteroatoms. The third-order valence-electron chi connectivity index (χ3n) is 2.70. The molecule has 18 heavy (non-hydrogen) atoms. The lowest BCUT2D eigenvalue weighted by molar-refractivity contribution is 0.0495. The highest BCUT2D eigenvalue weighted by Crippen LogP contribution is 2.25. The summed E-state index contributed by atoms with van der Waals surface area (Å²) in [5.74, 6) is -2.00. The Kier molecular flexibility index (Phi) is 3.63. The van der Waals surface area contributed by atoms with Crippen molar-refractivity contribution in [1.29, 1.82) is 0 Å². The van der Waals surface area contributed by atoms with E-state index in [1.165, 1.54) is 6.07 Å². The van der Waals surface area contributed by atoms with Crippen molar-refractivity contribution in [3.63, 3.8) is 0 Å². The van der Waals surface area contributed by atoms with Crippen LogP contribution in [0.2, 0.25) is 0 Å². The largest absolute Gasteiger partial charge is 0.478 e. The van der Waals surface area contributed by atoms with E-state index in [2.05, 4.69) is 5.43 Å². The predicted molar refractivity (Wildman–Crippen MR) is 63.8 cm³/mol. The molecule has 0 bridgehead atoms. The minimum atomic E-state index is -1.26. The predicted octanol–water partition coefficient (Wildman–Crippen LogP) is 0.765. The van der Waals surface area contributed by atoms with Crippen LogP contribution in [0.4, 0.5) is 15.8 Å². The molecule has 1 aliphatic rings. The monoisotopic (exact) mass is 255 g/mol. The highest BCUT2D eigenvalue weighted by Gasteiger charge is 2.19. The summed E-state index contributed by atoms with van der Waals surface area (Å²) in [6.07, 6.45) is 0. The molecule has 2 rings (SSSR count). The maximum atomic E-state index is 13.2. The van der Waals surface area contributed by atoms with Crippen LogP contribution >= 0.6 is 0 Å². The first-order chi connectivity index (χ1) is 8.59. The SMILES string of the molecule is Nc1c(F)ccc(NN2CCOCC2)c1C(=O)O. The molecule has 1 aliphatic heterocycles. The van der Waals surface area contributed by atoms with Gasteiger partial charge in [0.2, 0.25) is 0 Å². The topological polar surface area (TPSA) is 87.8 Å². The number of hydrogen-bond acceptors (Lipinski definition) is 5. The Morgan fingerprint density at radius 1 is 1.44 bits per heavy atom. The molecule has 0 aromatic heterocycles. The number of ether oxygens (including phenoxy) is 1. The number of hydrogen-bond donors (Lipinski definition) is 3. The number of hydrazine groups is 1. The molecule has 0 spiro atoms. The summed E-state index contributed by atoms with van der Waals surface area (Å²) in [6.45, 7) is 2.37. The van der Waals surface area contributed by atoms with Gasteiger partial charge in [-0.25, -0.2) is 14.2 Å². The third kappa shape index (κ3) is 2.52. The number of rotatable bonds is 3. The minimum Gasteiger partial charge on any atom is -0.478 e. The van der Waals surface area contributed by atoms with Gasteiger partial charge < -0.3 is 21.0 Å². The highest BCUT2D eigenvalue weighted by atomic mass is 19.1. The number of nitrogens with two attached hydrogens (primary N) is 1. The first-order valence-corrected chi connectivity index (χ1v) is 5.50. The Bertz CT molecular complexity index is 461. The lowest BCUT2D eigenvalue weighted by Crippen LogP contribution is -2.40. The number of carboxylic acids is 1. The first kappa shape index (κ1) is 12.6. The number of anilines is 2. The maximum Gasteiger partial charge on any atom is 0.340 e. The van der Waals surface area contributed by atoms with E-state index in [0.29, 0.717) is 26.3 Å². The number of nitrogen functional groups attached to an aromatic ring is 1. The number of carboxylic acid groups (broad SMARTS) is 1. The summed E-state index contributed by atoms with van der Waals surface area (Å²) in [7, 11) is 0. The minimum absolute atomic E-state index is 0.249. The molecule has 1 aromatic rings. The van der Waals surface area contributed by atoms with Crippen molar-refractivity contribution in [3.05, 3.63) is 23.5 Å². The van der Waals surface area contributed by atoms with E-state index in [1.807, 2.05) is 5.01 Å². The molecule has 0 radical (unpaired) electrons. The molecular weight excluding hydrogens is 241 g/mol. The van der Waals surface area contributed by atoms with Crippen molar-refractivity contribution in [2.75, 3.05) is 37.5 Å². The second kappa shape index (κ2) is 5.19. The number of nitrogens with zero attached hydrogens (tertiary/aromatic N) is 1. The van der Waals surface area contributed by atoms with Crippen LogP contribution in [-0.2, 0) is 4.74 Å². The van der Waals surface area contributed by atoms with E-state index in [4.69, 9.17) is 15.6 Å². The van der Waals surface area contributed by atoms with Crippen LogP contribution in [0.15, 0.2) is 12.1 Å². The molecule has 1 heterocycles. The molecule has 1 saturated heterocycles. The van der Waals surface area contributed by atoms with Crippen molar-refractivity contribution in [2.45, 2.75) is 0 Å². The van der Waals surface area contributed by atoms with Gasteiger partial charge in [0.05, 0.1) is 24.6 Å². The van der Waals surface area contributed by atoms with Gasteiger partial charge >= 0.3 is 5.97 Å². The maximum absolute atomic E-state index is 13.2. The first-order valence-electron chi connectivity index (χ1n) is 5.50. The number of carbonyl (C=O) groups is 1. The van der Waals surface area contributed by atoms with Gasteiger partial charge in [0.15, 0.2) is 0 Å². The fourth-order valence-electron chi connectivity index (χ4n) is 1.76. The van der Waals surface area contributed by atoms with Crippen LogP contribution in [-0.4, -0.2) is 42.4 Å². The normalized spacial score (nSPS) is 16.5. The fourth-order valence-corrected chi connectivity index (χ4v) is 1.76. The zero-order valence-corrected chi connectivity index (χ0v) is 9.65. The van der Waals surface area contributed by atoms with E-state index in [9.17, 15) is 9.18 Å². The second-order valence-corrected chi connectivity index (χ2v) is 3.90. The van der Waals surface area contributed by atoms with E-state index in [-0.39, 0.29) is 16.9 Å². The summed E-state index contributed by atoms with van der Waals surface area (Å²) < 4.78 is 18.4. The standard InChI is InChI=1S/C11H14FN3O3/c12-7-1-2-8(9(10(7)13)11(16)17)14-15-3-5-18-6-4-15/h1-2,14H,3-6,13H2,(H,16,17). The average Bonchev–Trinajstić information content (AvgIpc) is 2.35. The summed E-state index contributed by atoms with van der Waals surface area (Å²) >= 11 is 0. The van der Waals surface area contributed by atoms with Gasteiger partial charge in [0.1, 0.15) is 11.4 Å². The van der Waals surface area contributed by atoms with Crippen LogP contribution in [0.25, 0.3) is 0 Å². The molecule has 0 atom stereocenters. The van der Waals surface area contributed by atoms with Crippen LogP contribution in [0.1, 0.15) is 10.4 Å². The Morgan fingerprint density at radius 3 is 2.72 bits per heavy atom. The Morgan fingerprint density at radius 2 is 2.11 bits per heavy atom. The van der Waals surface area contributed by atoms with Crippen LogP contribution in [0.5, 0.6) is 0 Å².